The van der Waals surface area contributed by atoms with Crippen molar-refractivity contribution in [3.05, 3.63) is 46.9 Å². The molecule has 136 valence electrons. The second-order valence-corrected chi connectivity index (χ2v) is 6.25. The summed E-state index contributed by atoms with van der Waals surface area (Å²) in [6.07, 6.45) is -1.05. The first-order chi connectivity index (χ1) is 12.3. The minimum Gasteiger partial charge on any atom is -0.465 e. The fraction of sp³-hybridized carbons (Fsp3) is 0.316. The summed E-state index contributed by atoms with van der Waals surface area (Å²) < 4.78 is 10.8. The minimum atomic E-state index is -1.05. The number of rotatable bonds is 3. The van der Waals surface area contributed by atoms with Crippen LogP contribution in [0.2, 0.25) is 0 Å². The number of esters is 1. The van der Waals surface area contributed by atoms with Crippen molar-refractivity contribution in [2.24, 2.45) is 0 Å². The first-order valence-corrected chi connectivity index (χ1v) is 8.27. The molecule has 0 unspecified atom stereocenters. The Labute approximate surface area is 150 Å². The van der Waals surface area contributed by atoms with Crippen molar-refractivity contribution in [1.29, 1.82) is 0 Å². The van der Waals surface area contributed by atoms with Crippen molar-refractivity contribution in [1.82, 2.24) is 0 Å². The number of ether oxygens (including phenoxy) is 1. The summed E-state index contributed by atoms with van der Waals surface area (Å²) in [5.74, 6) is -0.293. The summed E-state index contributed by atoms with van der Waals surface area (Å²) in [6.45, 7) is 6.57. The van der Waals surface area contributed by atoms with Crippen LogP contribution in [-0.4, -0.2) is 30.4 Å². The summed E-state index contributed by atoms with van der Waals surface area (Å²) >= 11 is 0. The van der Waals surface area contributed by atoms with Gasteiger partial charge in [0.05, 0.1) is 11.4 Å². The van der Waals surface area contributed by atoms with Crippen molar-refractivity contribution in [3.63, 3.8) is 0 Å². The van der Waals surface area contributed by atoms with E-state index in [0.29, 0.717) is 34.0 Å². The number of carbonyl (C=O) groups is 3. The van der Waals surface area contributed by atoms with E-state index in [0.717, 1.165) is 0 Å². The molecule has 26 heavy (non-hydrogen) atoms. The van der Waals surface area contributed by atoms with Crippen LogP contribution in [0.4, 0.5) is 11.4 Å². The molecule has 1 aliphatic heterocycles. The number of aryl methyl sites for hydroxylation is 2. The van der Waals surface area contributed by atoms with E-state index in [2.05, 4.69) is 5.32 Å². The third kappa shape index (κ3) is 3.08. The van der Waals surface area contributed by atoms with Crippen LogP contribution in [0.1, 0.15) is 34.4 Å². The number of anilines is 2. The van der Waals surface area contributed by atoms with E-state index in [1.54, 1.807) is 45.0 Å². The van der Waals surface area contributed by atoms with Crippen molar-refractivity contribution < 1.29 is 23.5 Å². The predicted molar refractivity (Wildman–Crippen MR) is 95.2 cm³/mol. The van der Waals surface area contributed by atoms with Crippen molar-refractivity contribution in [2.75, 3.05) is 16.8 Å². The highest BCUT2D eigenvalue weighted by Crippen LogP contribution is 2.30. The van der Waals surface area contributed by atoms with Crippen LogP contribution in [-0.2, 0) is 14.3 Å². The van der Waals surface area contributed by atoms with Crippen LogP contribution in [0, 0.1) is 20.8 Å². The second kappa shape index (κ2) is 6.67. The number of hydrogen-bond donors (Lipinski definition) is 1. The first-order valence-electron chi connectivity index (χ1n) is 8.27. The highest BCUT2D eigenvalue weighted by Gasteiger charge is 2.32. The lowest BCUT2D eigenvalue weighted by molar-refractivity contribution is -0.128. The Morgan fingerprint density at radius 2 is 1.88 bits per heavy atom. The van der Waals surface area contributed by atoms with Gasteiger partial charge in [0, 0.05) is 5.56 Å². The molecule has 0 radical (unpaired) electrons. The van der Waals surface area contributed by atoms with Gasteiger partial charge in [-0.05, 0) is 39.8 Å². The molecule has 2 amide bonds. The Balaban J connectivity index is 1.80. The van der Waals surface area contributed by atoms with Crippen LogP contribution in [0.3, 0.4) is 0 Å². The third-order valence-electron chi connectivity index (χ3n) is 4.43. The molecule has 0 bridgehead atoms. The summed E-state index contributed by atoms with van der Waals surface area (Å²) in [7, 11) is 0. The van der Waals surface area contributed by atoms with E-state index in [4.69, 9.17) is 9.15 Å². The normalized spacial score (nSPS) is 14.5. The average Bonchev–Trinajstić information content (AvgIpc) is 2.85. The number of para-hydroxylation sites is 2. The number of furan rings is 1. The van der Waals surface area contributed by atoms with Gasteiger partial charge >= 0.3 is 5.97 Å². The molecule has 1 aliphatic rings. The lowest BCUT2D eigenvalue weighted by atomic mass is 10.1. The number of nitrogens with zero attached hydrogens (tertiary/aromatic N) is 1. The Morgan fingerprint density at radius 3 is 2.54 bits per heavy atom. The van der Waals surface area contributed by atoms with Crippen LogP contribution in [0.15, 0.2) is 28.7 Å². The van der Waals surface area contributed by atoms with Gasteiger partial charge in [-0.25, -0.2) is 4.79 Å². The SMILES string of the molecule is Cc1oc(C)c(C(=O)O[C@@H](C)C(=O)N2CC(=O)Nc3ccccc32)c1C. The molecule has 0 saturated heterocycles. The molecule has 3 rings (SSSR count). The van der Waals surface area contributed by atoms with Crippen molar-refractivity contribution >= 4 is 29.2 Å². The van der Waals surface area contributed by atoms with Crippen LogP contribution in [0.5, 0.6) is 0 Å². The molecule has 0 aliphatic carbocycles. The second-order valence-electron chi connectivity index (χ2n) is 6.25. The van der Waals surface area contributed by atoms with E-state index in [-0.39, 0.29) is 12.5 Å². The molecule has 1 aromatic heterocycles. The topological polar surface area (TPSA) is 88.8 Å². The summed E-state index contributed by atoms with van der Waals surface area (Å²) in [6, 6.07) is 6.98. The average molecular weight is 356 g/mol. The zero-order valence-corrected chi connectivity index (χ0v) is 15.1. The maximum absolute atomic E-state index is 12.8. The van der Waals surface area contributed by atoms with E-state index in [1.807, 2.05) is 0 Å². The van der Waals surface area contributed by atoms with Gasteiger partial charge in [0.1, 0.15) is 23.6 Å². The monoisotopic (exact) mass is 356 g/mol. The van der Waals surface area contributed by atoms with E-state index < -0.39 is 18.0 Å². The lowest BCUT2D eigenvalue weighted by Crippen LogP contribution is -2.47. The number of nitrogens with one attached hydrogen (secondary N) is 1. The quantitative estimate of drug-likeness (QED) is 0.854. The largest absolute Gasteiger partial charge is 0.465 e. The number of benzene rings is 1. The van der Waals surface area contributed by atoms with Gasteiger partial charge in [-0.15, -0.1) is 0 Å². The van der Waals surface area contributed by atoms with Crippen molar-refractivity contribution in [2.45, 2.75) is 33.8 Å². The van der Waals surface area contributed by atoms with Crippen LogP contribution < -0.4 is 10.2 Å². The number of carbonyl (C=O) groups excluding carboxylic acids is 3. The predicted octanol–water partition coefficient (Wildman–Crippen LogP) is 2.74. The molecule has 1 atom stereocenters. The smallest absolute Gasteiger partial charge is 0.342 e. The van der Waals surface area contributed by atoms with E-state index >= 15 is 0 Å². The molecule has 1 N–H and O–H groups in total. The fourth-order valence-electron chi connectivity index (χ4n) is 3.01. The van der Waals surface area contributed by atoms with Gasteiger partial charge in [-0.3, -0.25) is 14.5 Å². The zero-order chi connectivity index (χ0) is 19.0. The Bertz CT molecular complexity index is 899. The van der Waals surface area contributed by atoms with E-state index in [1.165, 1.54) is 11.8 Å². The van der Waals surface area contributed by atoms with Gasteiger partial charge < -0.3 is 14.5 Å². The standard InChI is InChI=1S/C19H20N2O5/c1-10-11(2)25-12(3)17(10)19(24)26-13(4)18(23)21-9-16(22)20-14-7-5-6-8-15(14)21/h5-8,13H,9H2,1-4H3,(H,20,22)/t13-/m0/s1. The lowest BCUT2D eigenvalue weighted by Gasteiger charge is -2.30. The third-order valence-corrected chi connectivity index (χ3v) is 4.43. The number of fused-ring (bicyclic) bond motifs is 1. The molecule has 7 nitrogen and oxygen atoms in total. The summed E-state index contributed by atoms with van der Waals surface area (Å²) in [5.41, 5.74) is 2.15. The van der Waals surface area contributed by atoms with Gasteiger partial charge in [0.15, 0.2) is 6.10 Å². The highest BCUT2D eigenvalue weighted by molar-refractivity contribution is 6.11. The molecule has 2 aromatic rings. The van der Waals surface area contributed by atoms with Crippen LogP contribution >= 0.6 is 0 Å². The fourth-order valence-corrected chi connectivity index (χ4v) is 3.01. The maximum Gasteiger partial charge on any atom is 0.342 e. The van der Waals surface area contributed by atoms with E-state index in [9.17, 15) is 14.4 Å². The molecular formula is C19H20N2O5. The summed E-state index contributed by atoms with van der Waals surface area (Å²) in [5, 5.41) is 2.71. The molecule has 7 heteroatoms. The molecule has 0 saturated carbocycles. The Kier molecular flexibility index (Phi) is 4.54. The van der Waals surface area contributed by atoms with Gasteiger partial charge in [0.2, 0.25) is 5.91 Å². The zero-order valence-electron chi connectivity index (χ0n) is 15.1. The molecule has 2 heterocycles. The molecule has 1 aromatic carbocycles. The molecule has 0 fully saturated rings. The van der Waals surface area contributed by atoms with Crippen molar-refractivity contribution in [3.8, 4) is 0 Å². The first kappa shape index (κ1) is 17.7. The Morgan fingerprint density at radius 1 is 1.19 bits per heavy atom. The van der Waals surface area contributed by atoms with Gasteiger partial charge in [-0.2, -0.15) is 0 Å². The minimum absolute atomic E-state index is 0.124. The summed E-state index contributed by atoms with van der Waals surface area (Å²) in [4.78, 5) is 38.5. The number of hydrogen-bond acceptors (Lipinski definition) is 5. The Hall–Kier alpha value is -3.09. The highest BCUT2D eigenvalue weighted by atomic mass is 16.5. The van der Waals surface area contributed by atoms with Gasteiger partial charge in [0.25, 0.3) is 5.91 Å². The number of amides is 2. The molecular weight excluding hydrogens is 336 g/mol. The van der Waals surface area contributed by atoms with Crippen LogP contribution in [0.25, 0.3) is 0 Å². The van der Waals surface area contributed by atoms with Gasteiger partial charge in [-0.1, -0.05) is 12.1 Å². The molecule has 0 spiro atoms. The maximum atomic E-state index is 12.8.